The van der Waals surface area contributed by atoms with Crippen LogP contribution in [0.1, 0.15) is 60.9 Å². The lowest BCUT2D eigenvalue weighted by atomic mass is 9.79. The zero-order valence-corrected chi connectivity index (χ0v) is 28.8. The molecule has 262 valence electrons. The first-order valence-corrected chi connectivity index (χ1v) is 18.3. The van der Waals surface area contributed by atoms with Gasteiger partial charge in [-0.3, -0.25) is 9.59 Å². The molecule has 14 heteroatoms. The van der Waals surface area contributed by atoms with Gasteiger partial charge in [-0.15, -0.1) is 11.3 Å². The summed E-state index contributed by atoms with van der Waals surface area (Å²) in [6.07, 6.45) is 0.489. The molecule has 6 rings (SSSR count). The molecular formula is C34H44ClF3N6O3S. The number of alkyl halides is 3. The molecule has 1 aromatic heterocycles. The van der Waals surface area contributed by atoms with E-state index in [0.717, 1.165) is 55.4 Å². The molecule has 3 fully saturated rings. The second kappa shape index (κ2) is 14.8. The van der Waals surface area contributed by atoms with Crippen molar-refractivity contribution in [3.05, 3.63) is 44.6 Å². The standard InChI is InChI=1S/C34H44ClF3N6O3S/c1-39-31-26(34(36,37)38)17-21(18-27(31)35)16-24(32(46)43-11-4-23(5-12-43)22-2-9-40-10-3-22)19-30(45)42-13-6-25(7-14-42)44-20-29-28(8-15-48-29)41-33(44)47/h8,15,17-18,22-25,39-40H,2-7,9-14,16,19-20H2,1H3,(H,41,47)/t24-/m0/s1. The van der Waals surface area contributed by atoms with Crippen molar-refractivity contribution >= 4 is 52.2 Å². The second-order valence-corrected chi connectivity index (χ2v) is 14.9. The first kappa shape index (κ1) is 34.8. The number of amides is 4. The Balaban J connectivity index is 1.14. The predicted molar refractivity (Wildman–Crippen MR) is 181 cm³/mol. The van der Waals surface area contributed by atoms with Crippen molar-refractivity contribution in [1.29, 1.82) is 0 Å². The number of fused-ring (bicyclic) bond motifs is 1. The Bertz CT molecular complexity index is 1480. The molecular weight excluding hydrogens is 665 g/mol. The van der Waals surface area contributed by atoms with Crippen molar-refractivity contribution < 1.29 is 27.6 Å². The number of benzene rings is 1. The summed E-state index contributed by atoms with van der Waals surface area (Å²) in [4.78, 5) is 47.1. The first-order valence-electron chi connectivity index (χ1n) is 17.0. The number of likely N-dealkylation sites (tertiary alicyclic amines) is 2. The van der Waals surface area contributed by atoms with Crippen molar-refractivity contribution in [2.45, 2.75) is 70.1 Å². The van der Waals surface area contributed by atoms with Gasteiger partial charge in [0.25, 0.3) is 0 Å². The molecule has 0 saturated carbocycles. The summed E-state index contributed by atoms with van der Waals surface area (Å²) in [5.74, 6) is -0.0301. The number of carbonyl (C=O) groups is 3. The zero-order valence-electron chi connectivity index (χ0n) is 27.2. The minimum absolute atomic E-state index is 0.0170. The summed E-state index contributed by atoms with van der Waals surface area (Å²) in [6.45, 7) is 4.61. The third-order valence-corrected chi connectivity index (χ3v) is 11.9. The SMILES string of the molecule is CNc1c(Cl)cc(C[C@@H](CC(=O)N2CCC(N3Cc4sccc4NC3=O)CC2)C(=O)N2CCC(C3CCNCC3)CC2)cc1C(F)(F)F. The summed E-state index contributed by atoms with van der Waals surface area (Å²) in [5.41, 5.74) is 0.00729. The molecule has 1 atom stereocenters. The van der Waals surface area contributed by atoms with Gasteiger partial charge in [0.15, 0.2) is 0 Å². The molecule has 0 radical (unpaired) electrons. The highest BCUT2D eigenvalue weighted by Crippen LogP contribution is 2.40. The topological polar surface area (TPSA) is 97.0 Å². The van der Waals surface area contributed by atoms with Crippen LogP contribution in [-0.4, -0.2) is 84.9 Å². The number of rotatable bonds is 8. The summed E-state index contributed by atoms with van der Waals surface area (Å²) < 4.78 is 42.0. The van der Waals surface area contributed by atoms with Crippen molar-refractivity contribution in [1.82, 2.24) is 20.0 Å². The fourth-order valence-electron chi connectivity index (χ4n) is 8.00. The summed E-state index contributed by atoms with van der Waals surface area (Å²) >= 11 is 7.91. The highest BCUT2D eigenvalue weighted by atomic mass is 35.5. The van der Waals surface area contributed by atoms with E-state index in [2.05, 4.69) is 16.0 Å². The number of nitrogens with zero attached hydrogens (tertiary/aromatic N) is 3. The second-order valence-electron chi connectivity index (χ2n) is 13.5. The number of thiophene rings is 1. The van der Waals surface area contributed by atoms with Crippen LogP contribution in [-0.2, 0) is 28.7 Å². The van der Waals surface area contributed by atoms with Gasteiger partial charge in [-0.05, 0) is 99.0 Å². The van der Waals surface area contributed by atoms with E-state index >= 15 is 0 Å². The van der Waals surface area contributed by atoms with Crippen LogP contribution in [0.15, 0.2) is 23.6 Å². The minimum Gasteiger partial charge on any atom is -0.386 e. The van der Waals surface area contributed by atoms with E-state index in [1.54, 1.807) is 16.2 Å². The van der Waals surface area contributed by atoms with E-state index < -0.39 is 17.7 Å². The fraction of sp³-hybridized carbons (Fsp3) is 0.618. The van der Waals surface area contributed by atoms with E-state index in [1.165, 1.54) is 13.1 Å². The predicted octanol–water partition coefficient (Wildman–Crippen LogP) is 6.29. The first-order chi connectivity index (χ1) is 23.0. The molecule has 3 saturated heterocycles. The van der Waals surface area contributed by atoms with Gasteiger partial charge in [0.2, 0.25) is 11.8 Å². The van der Waals surface area contributed by atoms with Crippen LogP contribution in [0.3, 0.4) is 0 Å². The number of anilines is 2. The highest BCUT2D eigenvalue weighted by Gasteiger charge is 2.38. The van der Waals surface area contributed by atoms with Gasteiger partial charge in [-0.1, -0.05) is 11.6 Å². The molecule has 0 spiro atoms. The van der Waals surface area contributed by atoms with E-state index in [-0.39, 0.29) is 53.0 Å². The lowest BCUT2D eigenvalue weighted by Gasteiger charge is -2.40. The average Bonchev–Trinajstić information content (AvgIpc) is 3.54. The van der Waals surface area contributed by atoms with Crippen LogP contribution in [0, 0.1) is 17.8 Å². The number of halogens is 4. The van der Waals surface area contributed by atoms with Crippen molar-refractivity contribution in [2.75, 3.05) is 56.9 Å². The molecule has 4 aliphatic heterocycles. The van der Waals surface area contributed by atoms with Crippen LogP contribution < -0.4 is 16.0 Å². The van der Waals surface area contributed by atoms with Gasteiger partial charge in [-0.2, -0.15) is 13.2 Å². The molecule has 0 aliphatic carbocycles. The van der Waals surface area contributed by atoms with Gasteiger partial charge >= 0.3 is 12.2 Å². The van der Waals surface area contributed by atoms with E-state index in [9.17, 15) is 27.6 Å². The van der Waals surface area contributed by atoms with E-state index in [0.29, 0.717) is 57.4 Å². The Morgan fingerprint density at radius 2 is 1.69 bits per heavy atom. The van der Waals surface area contributed by atoms with Gasteiger partial charge in [0.1, 0.15) is 0 Å². The van der Waals surface area contributed by atoms with Crippen LogP contribution in [0.5, 0.6) is 0 Å². The Kier molecular flexibility index (Phi) is 10.8. The third-order valence-electron chi connectivity index (χ3n) is 10.7. The lowest BCUT2D eigenvalue weighted by Crippen LogP contribution is -2.51. The van der Waals surface area contributed by atoms with Crippen LogP contribution in [0.2, 0.25) is 5.02 Å². The van der Waals surface area contributed by atoms with Crippen LogP contribution in [0.25, 0.3) is 0 Å². The fourth-order valence-corrected chi connectivity index (χ4v) is 9.17. The average molecular weight is 709 g/mol. The number of hydrogen-bond donors (Lipinski definition) is 3. The molecule has 1 aromatic carbocycles. The molecule has 3 N–H and O–H groups in total. The normalized spacial score (nSPS) is 20.8. The lowest BCUT2D eigenvalue weighted by molar-refractivity contribution is -0.143. The maximum Gasteiger partial charge on any atom is 0.418 e. The maximum atomic E-state index is 14.1. The molecule has 0 bridgehead atoms. The molecule has 48 heavy (non-hydrogen) atoms. The molecule has 0 unspecified atom stereocenters. The number of hydrogen-bond acceptors (Lipinski definition) is 6. The summed E-state index contributed by atoms with van der Waals surface area (Å²) in [7, 11) is 1.38. The van der Waals surface area contributed by atoms with Gasteiger partial charge in [-0.25, -0.2) is 4.79 Å². The number of urea groups is 1. The Morgan fingerprint density at radius 3 is 2.35 bits per heavy atom. The van der Waals surface area contributed by atoms with Crippen molar-refractivity contribution in [2.24, 2.45) is 17.8 Å². The zero-order chi connectivity index (χ0) is 34.0. The quantitative estimate of drug-likeness (QED) is 0.300. The minimum atomic E-state index is -4.65. The van der Waals surface area contributed by atoms with Crippen LogP contribution in [0.4, 0.5) is 29.3 Å². The third kappa shape index (κ3) is 7.73. The van der Waals surface area contributed by atoms with Gasteiger partial charge < -0.3 is 30.7 Å². The maximum absolute atomic E-state index is 14.1. The summed E-state index contributed by atoms with van der Waals surface area (Å²) in [5, 5.41) is 10.8. The number of carbonyl (C=O) groups excluding carboxylic acids is 3. The van der Waals surface area contributed by atoms with Gasteiger partial charge in [0, 0.05) is 50.6 Å². The molecule has 4 aliphatic rings. The van der Waals surface area contributed by atoms with Crippen LogP contribution >= 0.6 is 22.9 Å². The smallest absolute Gasteiger partial charge is 0.386 e. The van der Waals surface area contributed by atoms with E-state index in [4.69, 9.17) is 11.6 Å². The van der Waals surface area contributed by atoms with E-state index in [1.807, 2.05) is 21.2 Å². The van der Waals surface area contributed by atoms with Crippen molar-refractivity contribution in [3.63, 3.8) is 0 Å². The molecule has 5 heterocycles. The molecule has 9 nitrogen and oxygen atoms in total. The molecule has 2 aromatic rings. The Hall–Kier alpha value is -3.03. The Labute approximate surface area is 288 Å². The summed E-state index contributed by atoms with van der Waals surface area (Å²) in [6, 6.07) is 4.25. The van der Waals surface area contributed by atoms with Crippen molar-refractivity contribution in [3.8, 4) is 0 Å². The highest BCUT2D eigenvalue weighted by molar-refractivity contribution is 7.10. The molecule has 4 amide bonds. The monoisotopic (exact) mass is 708 g/mol. The Morgan fingerprint density at radius 1 is 1.02 bits per heavy atom. The number of nitrogens with one attached hydrogen (secondary N) is 3. The largest absolute Gasteiger partial charge is 0.418 e. The van der Waals surface area contributed by atoms with Gasteiger partial charge in [0.05, 0.1) is 34.4 Å². The number of piperidine rings is 3.